The Bertz CT molecular complexity index is 784. The van der Waals surface area contributed by atoms with Crippen LogP contribution < -0.4 is 5.32 Å². The summed E-state index contributed by atoms with van der Waals surface area (Å²) in [6.45, 7) is 3.24. The Hall–Kier alpha value is -2.44. The van der Waals surface area contributed by atoms with E-state index in [0.29, 0.717) is 6.54 Å². The third kappa shape index (κ3) is 2.98. The van der Waals surface area contributed by atoms with Crippen molar-refractivity contribution in [2.75, 3.05) is 6.54 Å². The lowest BCUT2D eigenvalue weighted by atomic mass is 10.1. The third-order valence-corrected chi connectivity index (χ3v) is 4.39. The van der Waals surface area contributed by atoms with Gasteiger partial charge in [0.05, 0.1) is 18.3 Å². The van der Waals surface area contributed by atoms with Gasteiger partial charge >= 0.3 is 0 Å². The van der Waals surface area contributed by atoms with Gasteiger partial charge in [-0.25, -0.2) is 4.98 Å². The predicted molar refractivity (Wildman–Crippen MR) is 91.2 cm³/mol. The average Bonchev–Trinajstić information content (AvgIpc) is 3.17. The molecule has 0 amide bonds. The van der Waals surface area contributed by atoms with Gasteiger partial charge in [-0.3, -0.25) is 4.68 Å². The number of hydrogen-bond acceptors (Lipinski definition) is 4. The summed E-state index contributed by atoms with van der Waals surface area (Å²) in [5.74, 6) is 0.797. The van der Waals surface area contributed by atoms with Crippen molar-refractivity contribution in [3.8, 4) is 11.5 Å². The van der Waals surface area contributed by atoms with Gasteiger partial charge < -0.3 is 15.0 Å². The van der Waals surface area contributed by atoms with Crippen LogP contribution in [0.3, 0.4) is 0 Å². The highest BCUT2D eigenvalue weighted by atomic mass is 16.3. The molecule has 0 saturated carbocycles. The number of hydrogen-bond donors (Lipinski definition) is 2. The number of fused-ring (bicyclic) bond motifs is 1. The van der Waals surface area contributed by atoms with E-state index in [9.17, 15) is 5.11 Å². The minimum atomic E-state index is -0.568. The molecule has 0 radical (unpaired) electrons. The van der Waals surface area contributed by atoms with Gasteiger partial charge in [0.2, 0.25) is 0 Å². The summed E-state index contributed by atoms with van der Waals surface area (Å²) < 4.78 is 4.02. The third-order valence-electron chi connectivity index (χ3n) is 4.39. The molecule has 24 heavy (non-hydrogen) atoms. The Balaban J connectivity index is 1.59. The summed E-state index contributed by atoms with van der Waals surface area (Å²) in [6.07, 6.45) is 4.16. The zero-order valence-electron chi connectivity index (χ0n) is 13.5. The lowest BCUT2D eigenvalue weighted by Gasteiger charge is -2.13. The topological polar surface area (TPSA) is 67.9 Å². The van der Waals surface area contributed by atoms with Crippen LogP contribution in [-0.2, 0) is 19.6 Å². The van der Waals surface area contributed by atoms with Crippen LogP contribution in [0.5, 0.6) is 0 Å². The zero-order valence-corrected chi connectivity index (χ0v) is 13.5. The highest BCUT2D eigenvalue weighted by Gasteiger charge is 2.17. The molecule has 2 aromatic heterocycles. The first-order valence-corrected chi connectivity index (χ1v) is 8.33. The van der Waals surface area contributed by atoms with Gasteiger partial charge in [0.25, 0.3) is 0 Å². The van der Waals surface area contributed by atoms with Crippen molar-refractivity contribution in [2.45, 2.75) is 32.2 Å². The molecule has 6 nitrogen and oxygen atoms in total. The lowest BCUT2D eigenvalue weighted by Crippen LogP contribution is -2.11. The fraction of sp³-hybridized carbons (Fsp3) is 0.333. The molecule has 0 bridgehead atoms. The molecule has 0 fully saturated rings. The molecule has 1 aliphatic rings. The molecule has 3 aromatic rings. The van der Waals surface area contributed by atoms with Crippen LogP contribution >= 0.6 is 0 Å². The van der Waals surface area contributed by atoms with Crippen LogP contribution in [0, 0.1) is 0 Å². The molecule has 1 aliphatic heterocycles. The molecule has 6 heteroatoms. The first-order valence-electron chi connectivity index (χ1n) is 8.33. The first kappa shape index (κ1) is 15.1. The van der Waals surface area contributed by atoms with E-state index < -0.39 is 6.10 Å². The smallest absolute Gasteiger partial charge is 0.160 e. The highest BCUT2D eigenvalue weighted by Crippen LogP contribution is 2.22. The Morgan fingerprint density at radius 1 is 1.25 bits per heavy atom. The number of imidazole rings is 1. The van der Waals surface area contributed by atoms with E-state index in [1.807, 2.05) is 41.1 Å². The van der Waals surface area contributed by atoms with Crippen LogP contribution in [0.1, 0.15) is 23.8 Å². The summed E-state index contributed by atoms with van der Waals surface area (Å²) in [7, 11) is 0. The predicted octanol–water partition coefficient (Wildman–Crippen LogP) is 1.97. The molecular formula is C18H21N5O. The number of aryl methyl sites for hydroxylation is 1. The fourth-order valence-electron chi connectivity index (χ4n) is 3.13. The van der Waals surface area contributed by atoms with Gasteiger partial charge in [-0.1, -0.05) is 30.3 Å². The molecule has 0 saturated heterocycles. The lowest BCUT2D eigenvalue weighted by molar-refractivity contribution is 0.157. The monoisotopic (exact) mass is 323 g/mol. The molecule has 3 heterocycles. The summed E-state index contributed by atoms with van der Waals surface area (Å²) >= 11 is 0. The molecule has 124 valence electrons. The van der Waals surface area contributed by atoms with Crippen molar-refractivity contribution in [3.05, 3.63) is 60.0 Å². The summed E-state index contributed by atoms with van der Waals surface area (Å²) in [4.78, 5) is 4.46. The molecular weight excluding hydrogens is 302 g/mol. The van der Waals surface area contributed by atoms with Gasteiger partial charge in [0.1, 0.15) is 5.69 Å². The Morgan fingerprint density at radius 2 is 2.12 bits per heavy atom. The van der Waals surface area contributed by atoms with Crippen LogP contribution in [0.15, 0.2) is 48.8 Å². The van der Waals surface area contributed by atoms with Crippen LogP contribution in [0.4, 0.5) is 0 Å². The number of benzene rings is 1. The second-order valence-corrected chi connectivity index (χ2v) is 6.10. The number of rotatable bonds is 4. The molecule has 2 N–H and O–H groups in total. The van der Waals surface area contributed by atoms with E-state index in [-0.39, 0.29) is 0 Å². The van der Waals surface area contributed by atoms with E-state index in [1.165, 1.54) is 5.69 Å². The van der Waals surface area contributed by atoms with E-state index in [4.69, 9.17) is 5.10 Å². The van der Waals surface area contributed by atoms with Gasteiger partial charge in [-0.15, -0.1) is 0 Å². The minimum absolute atomic E-state index is 0.458. The van der Waals surface area contributed by atoms with Crippen LogP contribution in [0.25, 0.3) is 11.5 Å². The van der Waals surface area contributed by atoms with Crippen molar-refractivity contribution in [1.29, 1.82) is 0 Å². The number of nitrogens with one attached hydrogen (secondary N) is 1. The summed E-state index contributed by atoms with van der Waals surface area (Å²) in [5, 5.41) is 18.6. The quantitative estimate of drug-likeness (QED) is 0.770. The van der Waals surface area contributed by atoms with Gasteiger partial charge in [-0.2, -0.15) is 5.10 Å². The molecule has 4 rings (SSSR count). The van der Waals surface area contributed by atoms with E-state index >= 15 is 0 Å². The Morgan fingerprint density at radius 3 is 3.00 bits per heavy atom. The van der Waals surface area contributed by atoms with E-state index in [2.05, 4.69) is 21.0 Å². The number of aliphatic hydroxyl groups is 1. The molecule has 1 atom stereocenters. The van der Waals surface area contributed by atoms with Crippen molar-refractivity contribution in [1.82, 2.24) is 24.6 Å². The maximum atomic E-state index is 10.5. The van der Waals surface area contributed by atoms with Gasteiger partial charge in [0.15, 0.2) is 5.82 Å². The van der Waals surface area contributed by atoms with E-state index in [1.54, 1.807) is 6.20 Å². The molecule has 0 spiro atoms. The van der Waals surface area contributed by atoms with Crippen LogP contribution in [0.2, 0.25) is 0 Å². The second kappa shape index (κ2) is 6.59. The average molecular weight is 323 g/mol. The normalized spacial score (nSPS) is 15.7. The largest absolute Gasteiger partial charge is 0.387 e. The number of aliphatic hydroxyl groups excluding tert-OH is 1. The number of aromatic nitrogens is 4. The van der Waals surface area contributed by atoms with Crippen LogP contribution in [-0.4, -0.2) is 31.0 Å². The highest BCUT2D eigenvalue weighted by molar-refractivity contribution is 5.50. The molecule has 0 aliphatic carbocycles. The molecule has 1 aromatic carbocycles. The SMILES string of the molecule is OC(Cn1ccnc1-c1cc2n(n1)CCCNC2)c1ccccc1. The first-order chi connectivity index (χ1) is 11.8. The van der Waals surface area contributed by atoms with Crippen molar-refractivity contribution < 1.29 is 5.11 Å². The van der Waals surface area contributed by atoms with Crippen molar-refractivity contribution in [3.63, 3.8) is 0 Å². The van der Waals surface area contributed by atoms with Gasteiger partial charge in [0, 0.05) is 25.5 Å². The summed E-state index contributed by atoms with van der Waals surface area (Å²) in [5.41, 5.74) is 2.95. The number of nitrogens with zero attached hydrogens (tertiary/aromatic N) is 4. The fourth-order valence-corrected chi connectivity index (χ4v) is 3.13. The van der Waals surface area contributed by atoms with Crippen molar-refractivity contribution >= 4 is 0 Å². The van der Waals surface area contributed by atoms with Crippen molar-refractivity contribution in [2.24, 2.45) is 0 Å². The Kier molecular flexibility index (Phi) is 4.15. The maximum Gasteiger partial charge on any atom is 0.160 e. The standard InChI is InChI=1S/C18H21N5O/c24-17(14-5-2-1-3-6-14)13-22-10-8-20-18(22)16-11-15-12-19-7-4-9-23(15)21-16/h1-3,5-6,8,10-11,17,19,24H,4,7,9,12-13H2. The minimum Gasteiger partial charge on any atom is -0.387 e. The Labute approximate surface area is 140 Å². The summed E-state index contributed by atoms with van der Waals surface area (Å²) in [6, 6.07) is 11.8. The second-order valence-electron chi connectivity index (χ2n) is 6.10. The maximum absolute atomic E-state index is 10.5. The van der Waals surface area contributed by atoms with Gasteiger partial charge in [-0.05, 0) is 24.6 Å². The van der Waals surface area contributed by atoms with E-state index in [0.717, 1.165) is 43.1 Å². The molecule has 1 unspecified atom stereocenters. The zero-order chi connectivity index (χ0) is 16.4.